The van der Waals surface area contributed by atoms with Crippen molar-refractivity contribution in [2.24, 2.45) is 0 Å². The second-order valence-corrected chi connectivity index (χ2v) is 7.25. The van der Waals surface area contributed by atoms with Crippen molar-refractivity contribution in [3.05, 3.63) is 72.3 Å². The Hall–Kier alpha value is -3.14. The summed E-state index contributed by atoms with van der Waals surface area (Å²) in [6.07, 6.45) is 0. The van der Waals surface area contributed by atoms with Gasteiger partial charge in [0, 0.05) is 16.9 Å². The lowest BCUT2D eigenvalue weighted by Crippen LogP contribution is -2.12. The molecule has 0 radical (unpaired) electrons. The Morgan fingerprint density at radius 3 is 1.58 bits per heavy atom. The molecule has 4 N–H and O–H groups in total. The van der Waals surface area contributed by atoms with Crippen LogP contribution in [0.1, 0.15) is 26.3 Å². The first kappa shape index (κ1) is 17.7. The zero-order valence-corrected chi connectivity index (χ0v) is 15.3. The minimum atomic E-state index is -0.108. The molecule has 0 aromatic heterocycles. The normalized spacial score (nSPS) is 11.2. The maximum Gasteiger partial charge on any atom is 0.131 e. The van der Waals surface area contributed by atoms with Crippen LogP contribution in [0.5, 0.6) is 23.0 Å². The highest BCUT2D eigenvalue weighted by molar-refractivity contribution is 5.49. The number of nitrogen functional groups attached to an aromatic ring is 2. The van der Waals surface area contributed by atoms with E-state index in [4.69, 9.17) is 20.9 Å². The first-order valence-electron chi connectivity index (χ1n) is 8.52. The third-order valence-corrected chi connectivity index (χ3v) is 3.98. The zero-order chi connectivity index (χ0) is 18.7. The molecule has 0 aliphatic heterocycles. The number of ether oxygens (including phenoxy) is 2. The fourth-order valence-electron chi connectivity index (χ4n) is 2.58. The van der Waals surface area contributed by atoms with E-state index in [1.54, 1.807) is 0 Å². The Morgan fingerprint density at radius 1 is 0.615 bits per heavy atom. The highest BCUT2D eigenvalue weighted by atomic mass is 16.5. The number of nitrogens with two attached hydrogens (primary N) is 2. The standard InChI is InChI=1S/C22H24N2O2/c1-22(2,3)20-14-19(25-17-8-4-15(23)5-9-17)12-13-21(20)26-18-10-6-16(24)7-11-18/h4-14H,23-24H2,1-3H3. The van der Waals surface area contributed by atoms with Gasteiger partial charge in [0.2, 0.25) is 0 Å². The highest BCUT2D eigenvalue weighted by Crippen LogP contribution is 2.38. The van der Waals surface area contributed by atoms with Crippen LogP contribution in [0.15, 0.2) is 66.7 Å². The molecule has 0 unspecified atom stereocenters. The topological polar surface area (TPSA) is 70.5 Å². The summed E-state index contributed by atoms with van der Waals surface area (Å²) in [7, 11) is 0. The molecule has 3 rings (SSSR count). The largest absolute Gasteiger partial charge is 0.457 e. The SMILES string of the molecule is CC(C)(C)c1cc(Oc2ccc(N)cc2)ccc1Oc1ccc(N)cc1. The van der Waals surface area contributed by atoms with Crippen molar-refractivity contribution in [3.63, 3.8) is 0 Å². The number of anilines is 2. The van der Waals surface area contributed by atoms with Crippen LogP contribution in [0.25, 0.3) is 0 Å². The Kier molecular flexibility index (Phi) is 4.76. The minimum absolute atomic E-state index is 0.108. The van der Waals surface area contributed by atoms with Crippen LogP contribution in [-0.4, -0.2) is 0 Å². The number of hydrogen-bond donors (Lipinski definition) is 2. The summed E-state index contributed by atoms with van der Waals surface area (Å²) in [4.78, 5) is 0. The summed E-state index contributed by atoms with van der Waals surface area (Å²) >= 11 is 0. The lowest BCUT2D eigenvalue weighted by Gasteiger charge is -2.23. The third-order valence-electron chi connectivity index (χ3n) is 3.98. The van der Waals surface area contributed by atoms with E-state index in [0.717, 1.165) is 28.6 Å². The molecule has 0 saturated carbocycles. The molecule has 0 bridgehead atoms. The van der Waals surface area contributed by atoms with Crippen LogP contribution in [0.4, 0.5) is 11.4 Å². The molecule has 0 saturated heterocycles. The molecule has 0 aliphatic carbocycles. The summed E-state index contributed by atoms with van der Waals surface area (Å²) in [6, 6.07) is 20.6. The second kappa shape index (κ2) is 7.00. The molecule has 134 valence electrons. The Morgan fingerprint density at radius 2 is 1.08 bits per heavy atom. The maximum absolute atomic E-state index is 6.08. The van der Waals surface area contributed by atoms with Crippen molar-refractivity contribution >= 4 is 11.4 Å². The van der Waals surface area contributed by atoms with Crippen LogP contribution >= 0.6 is 0 Å². The van der Waals surface area contributed by atoms with Crippen LogP contribution in [0, 0.1) is 0 Å². The molecule has 0 atom stereocenters. The van der Waals surface area contributed by atoms with Gasteiger partial charge in [-0.25, -0.2) is 0 Å². The van der Waals surface area contributed by atoms with Crippen molar-refractivity contribution in [2.45, 2.75) is 26.2 Å². The predicted molar refractivity (Wildman–Crippen MR) is 107 cm³/mol. The van der Waals surface area contributed by atoms with Gasteiger partial charge in [0.25, 0.3) is 0 Å². The van der Waals surface area contributed by atoms with E-state index in [2.05, 4.69) is 20.8 Å². The molecule has 3 aromatic rings. The molecule has 0 heterocycles. The number of hydrogen-bond acceptors (Lipinski definition) is 4. The van der Waals surface area contributed by atoms with Crippen LogP contribution in [-0.2, 0) is 5.41 Å². The van der Waals surface area contributed by atoms with Crippen molar-refractivity contribution in [2.75, 3.05) is 11.5 Å². The Bertz CT molecular complexity index is 880. The highest BCUT2D eigenvalue weighted by Gasteiger charge is 2.20. The van der Waals surface area contributed by atoms with Crippen molar-refractivity contribution < 1.29 is 9.47 Å². The van der Waals surface area contributed by atoms with Gasteiger partial charge >= 0.3 is 0 Å². The monoisotopic (exact) mass is 348 g/mol. The molecular weight excluding hydrogens is 324 g/mol. The molecule has 4 heteroatoms. The molecule has 3 aromatic carbocycles. The van der Waals surface area contributed by atoms with E-state index in [-0.39, 0.29) is 5.41 Å². The van der Waals surface area contributed by atoms with Gasteiger partial charge in [-0.2, -0.15) is 0 Å². The van der Waals surface area contributed by atoms with Gasteiger partial charge in [-0.05, 0) is 72.1 Å². The van der Waals surface area contributed by atoms with Crippen LogP contribution < -0.4 is 20.9 Å². The minimum Gasteiger partial charge on any atom is -0.457 e. The average molecular weight is 348 g/mol. The third kappa shape index (κ3) is 4.28. The molecule has 0 fully saturated rings. The smallest absolute Gasteiger partial charge is 0.131 e. The molecule has 4 nitrogen and oxygen atoms in total. The van der Waals surface area contributed by atoms with Gasteiger partial charge in [0.15, 0.2) is 0 Å². The number of rotatable bonds is 4. The summed E-state index contributed by atoms with van der Waals surface area (Å²) < 4.78 is 12.0. The second-order valence-electron chi connectivity index (χ2n) is 7.25. The predicted octanol–water partition coefficient (Wildman–Crippen LogP) is 5.73. The van der Waals surface area contributed by atoms with Gasteiger partial charge in [-0.1, -0.05) is 20.8 Å². The fraction of sp³-hybridized carbons (Fsp3) is 0.182. The summed E-state index contributed by atoms with van der Waals surface area (Å²) in [5.74, 6) is 3.04. The molecule has 26 heavy (non-hydrogen) atoms. The van der Waals surface area contributed by atoms with E-state index in [9.17, 15) is 0 Å². The van der Waals surface area contributed by atoms with E-state index in [1.807, 2.05) is 66.7 Å². The van der Waals surface area contributed by atoms with Gasteiger partial charge < -0.3 is 20.9 Å². The first-order chi connectivity index (χ1) is 12.3. The van der Waals surface area contributed by atoms with Crippen LogP contribution in [0.2, 0.25) is 0 Å². The lowest BCUT2D eigenvalue weighted by molar-refractivity contribution is 0.445. The maximum atomic E-state index is 6.08. The van der Waals surface area contributed by atoms with E-state index in [0.29, 0.717) is 11.4 Å². The molecule has 0 amide bonds. The average Bonchev–Trinajstić information content (AvgIpc) is 2.59. The molecule has 0 spiro atoms. The summed E-state index contributed by atoms with van der Waals surface area (Å²) in [5.41, 5.74) is 13.8. The van der Waals surface area contributed by atoms with Crippen LogP contribution in [0.3, 0.4) is 0 Å². The fourth-order valence-corrected chi connectivity index (χ4v) is 2.58. The van der Waals surface area contributed by atoms with Gasteiger partial charge in [0.1, 0.15) is 23.0 Å². The lowest BCUT2D eigenvalue weighted by atomic mass is 9.86. The Labute approximate surface area is 154 Å². The zero-order valence-electron chi connectivity index (χ0n) is 15.3. The summed E-state index contributed by atoms with van der Waals surface area (Å²) in [5, 5.41) is 0. The van der Waals surface area contributed by atoms with Gasteiger partial charge in [-0.15, -0.1) is 0 Å². The van der Waals surface area contributed by atoms with E-state index >= 15 is 0 Å². The van der Waals surface area contributed by atoms with E-state index in [1.165, 1.54) is 0 Å². The summed E-state index contributed by atoms with van der Waals surface area (Å²) in [6.45, 7) is 6.43. The van der Waals surface area contributed by atoms with Crippen molar-refractivity contribution in [3.8, 4) is 23.0 Å². The van der Waals surface area contributed by atoms with E-state index < -0.39 is 0 Å². The first-order valence-corrected chi connectivity index (χ1v) is 8.52. The molecular formula is C22H24N2O2. The van der Waals surface area contributed by atoms with Gasteiger partial charge in [-0.3, -0.25) is 0 Å². The Balaban J connectivity index is 1.90. The molecule has 0 aliphatic rings. The number of benzene rings is 3. The van der Waals surface area contributed by atoms with Gasteiger partial charge in [0.05, 0.1) is 0 Å². The quantitative estimate of drug-likeness (QED) is 0.590. The van der Waals surface area contributed by atoms with Crippen molar-refractivity contribution in [1.29, 1.82) is 0 Å². The van der Waals surface area contributed by atoms with Crippen molar-refractivity contribution in [1.82, 2.24) is 0 Å².